The van der Waals surface area contributed by atoms with Crippen molar-refractivity contribution in [2.45, 2.75) is 19.5 Å². The maximum absolute atomic E-state index is 12.3. The molecule has 0 aromatic heterocycles. The number of carboxylic acids is 1. The van der Waals surface area contributed by atoms with Gasteiger partial charge < -0.3 is 14.7 Å². The smallest absolute Gasteiger partial charge is 0.387 e. The summed E-state index contributed by atoms with van der Waals surface area (Å²) in [4.78, 5) is 24.3. The molecule has 0 unspecified atom stereocenters. The summed E-state index contributed by atoms with van der Waals surface area (Å²) in [7, 11) is 0. The summed E-state index contributed by atoms with van der Waals surface area (Å²) >= 11 is 0. The SMILES string of the molecule is O=C(O)CN(CC1CC1)C(=O)c1ccc(OC(F)F)cc1. The van der Waals surface area contributed by atoms with Gasteiger partial charge in [0, 0.05) is 12.1 Å². The Kier molecular flexibility index (Phi) is 4.72. The molecule has 0 saturated heterocycles. The van der Waals surface area contributed by atoms with Gasteiger partial charge in [-0.15, -0.1) is 0 Å². The highest BCUT2D eigenvalue weighted by Gasteiger charge is 2.28. The normalized spacial score (nSPS) is 14.0. The number of carboxylic acid groups (broad SMARTS) is 1. The molecule has 0 spiro atoms. The second kappa shape index (κ2) is 6.51. The predicted molar refractivity (Wildman–Crippen MR) is 69.3 cm³/mol. The predicted octanol–water partition coefficient (Wildman–Crippen LogP) is 2.22. The van der Waals surface area contributed by atoms with E-state index in [0.29, 0.717) is 12.5 Å². The number of benzene rings is 1. The number of hydrogen-bond acceptors (Lipinski definition) is 3. The fourth-order valence-electron chi connectivity index (χ4n) is 1.96. The number of aliphatic carboxylic acids is 1. The van der Waals surface area contributed by atoms with Crippen molar-refractivity contribution < 1.29 is 28.2 Å². The van der Waals surface area contributed by atoms with Gasteiger partial charge in [0.25, 0.3) is 5.91 Å². The van der Waals surface area contributed by atoms with E-state index in [9.17, 15) is 18.4 Å². The minimum absolute atomic E-state index is 0.0477. The molecule has 0 atom stereocenters. The van der Waals surface area contributed by atoms with Crippen molar-refractivity contribution in [1.29, 1.82) is 0 Å². The molecule has 1 fully saturated rings. The molecule has 1 aromatic carbocycles. The first-order valence-electron chi connectivity index (χ1n) is 6.51. The van der Waals surface area contributed by atoms with Crippen molar-refractivity contribution in [3.63, 3.8) is 0 Å². The Hall–Kier alpha value is -2.18. The minimum atomic E-state index is -2.93. The average molecular weight is 299 g/mol. The number of ether oxygens (including phenoxy) is 1. The molecule has 1 aromatic rings. The molecule has 2 rings (SSSR count). The fraction of sp³-hybridized carbons (Fsp3) is 0.429. The van der Waals surface area contributed by atoms with Gasteiger partial charge in [-0.3, -0.25) is 9.59 Å². The summed E-state index contributed by atoms with van der Waals surface area (Å²) < 4.78 is 28.3. The van der Waals surface area contributed by atoms with Crippen LogP contribution in [0.3, 0.4) is 0 Å². The van der Waals surface area contributed by atoms with E-state index < -0.39 is 18.5 Å². The first kappa shape index (κ1) is 15.2. The molecule has 114 valence electrons. The number of nitrogens with zero attached hydrogens (tertiary/aromatic N) is 1. The van der Waals surface area contributed by atoms with Crippen LogP contribution in [0.5, 0.6) is 5.75 Å². The summed E-state index contributed by atoms with van der Waals surface area (Å²) in [5, 5.41) is 8.86. The van der Waals surface area contributed by atoms with Crippen LogP contribution in [0, 0.1) is 5.92 Å². The average Bonchev–Trinajstić information content (AvgIpc) is 3.21. The van der Waals surface area contributed by atoms with Gasteiger partial charge in [-0.25, -0.2) is 0 Å². The molecule has 0 heterocycles. The summed E-state index contributed by atoms with van der Waals surface area (Å²) in [5.41, 5.74) is 0.249. The number of rotatable bonds is 7. The van der Waals surface area contributed by atoms with E-state index in [-0.39, 0.29) is 17.9 Å². The number of carbonyl (C=O) groups is 2. The van der Waals surface area contributed by atoms with Gasteiger partial charge in [-0.05, 0) is 43.0 Å². The van der Waals surface area contributed by atoms with Crippen LogP contribution >= 0.6 is 0 Å². The minimum Gasteiger partial charge on any atom is -0.480 e. The van der Waals surface area contributed by atoms with Crippen LogP contribution in [0.4, 0.5) is 8.78 Å². The van der Waals surface area contributed by atoms with Crippen molar-refractivity contribution in [3.8, 4) is 5.75 Å². The first-order chi connectivity index (χ1) is 9.95. The van der Waals surface area contributed by atoms with Crippen LogP contribution in [0.2, 0.25) is 0 Å². The van der Waals surface area contributed by atoms with E-state index in [1.54, 1.807) is 0 Å². The molecular weight excluding hydrogens is 284 g/mol. The number of amides is 1. The lowest BCUT2D eigenvalue weighted by Gasteiger charge is -2.20. The highest BCUT2D eigenvalue weighted by Crippen LogP contribution is 2.30. The summed E-state index contributed by atoms with van der Waals surface area (Å²) in [6, 6.07) is 5.22. The van der Waals surface area contributed by atoms with Crippen LogP contribution in [0.15, 0.2) is 24.3 Å². The lowest BCUT2D eigenvalue weighted by atomic mass is 10.2. The Morgan fingerprint density at radius 2 is 1.90 bits per heavy atom. The molecule has 1 saturated carbocycles. The van der Waals surface area contributed by atoms with Crippen LogP contribution in [0.25, 0.3) is 0 Å². The monoisotopic (exact) mass is 299 g/mol. The van der Waals surface area contributed by atoms with Crippen molar-refractivity contribution in [2.75, 3.05) is 13.1 Å². The van der Waals surface area contributed by atoms with Gasteiger partial charge in [-0.1, -0.05) is 0 Å². The Balaban J connectivity index is 2.05. The second-order valence-electron chi connectivity index (χ2n) is 4.93. The van der Waals surface area contributed by atoms with Crippen molar-refractivity contribution in [2.24, 2.45) is 5.92 Å². The number of hydrogen-bond donors (Lipinski definition) is 1. The van der Waals surface area contributed by atoms with Crippen LogP contribution in [-0.2, 0) is 4.79 Å². The Morgan fingerprint density at radius 1 is 1.29 bits per heavy atom. The quantitative estimate of drug-likeness (QED) is 0.838. The molecule has 1 N–H and O–H groups in total. The van der Waals surface area contributed by atoms with Crippen LogP contribution in [-0.4, -0.2) is 41.6 Å². The summed E-state index contributed by atoms with van der Waals surface area (Å²) in [6.45, 7) is -2.89. The molecule has 1 aliphatic carbocycles. The molecule has 21 heavy (non-hydrogen) atoms. The molecule has 1 amide bonds. The van der Waals surface area contributed by atoms with E-state index in [2.05, 4.69) is 4.74 Å². The Bertz CT molecular complexity index is 514. The molecule has 0 aliphatic heterocycles. The number of carbonyl (C=O) groups excluding carboxylic acids is 1. The first-order valence-corrected chi connectivity index (χ1v) is 6.51. The van der Waals surface area contributed by atoms with Gasteiger partial charge in [-0.2, -0.15) is 8.78 Å². The van der Waals surface area contributed by atoms with E-state index in [1.807, 2.05) is 0 Å². The zero-order valence-electron chi connectivity index (χ0n) is 11.2. The van der Waals surface area contributed by atoms with Gasteiger partial charge in [0.1, 0.15) is 12.3 Å². The van der Waals surface area contributed by atoms with Crippen molar-refractivity contribution >= 4 is 11.9 Å². The van der Waals surface area contributed by atoms with E-state index in [0.717, 1.165) is 12.8 Å². The molecule has 0 radical (unpaired) electrons. The molecular formula is C14H15F2NO4. The van der Waals surface area contributed by atoms with Gasteiger partial charge in [0.2, 0.25) is 0 Å². The molecule has 1 aliphatic rings. The maximum Gasteiger partial charge on any atom is 0.387 e. The molecule has 7 heteroatoms. The molecule has 5 nitrogen and oxygen atoms in total. The zero-order valence-corrected chi connectivity index (χ0v) is 11.2. The van der Waals surface area contributed by atoms with Crippen molar-refractivity contribution in [3.05, 3.63) is 29.8 Å². The maximum atomic E-state index is 12.3. The number of halogens is 2. The third kappa shape index (κ3) is 4.70. The lowest BCUT2D eigenvalue weighted by Crippen LogP contribution is -2.37. The van der Waals surface area contributed by atoms with Crippen molar-refractivity contribution in [1.82, 2.24) is 4.90 Å². The molecule has 0 bridgehead atoms. The lowest BCUT2D eigenvalue weighted by molar-refractivity contribution is -0.137. The second-order valence-corrected chi connectivity index (χ2v) is 4.93. The topological polar surface area (TPSA) is 66.8 Å². The largest absolute Gasteiger partial charge is 0.480 e. The highest BCUT2D eigenvalue weighted by atomic mass is 19.3. The third-order valence-electron chi connectivity index (χ3n) is 3.12. The number of alkyl halides is 2. The summed E-state index contributed by atoms with van der Waals surface area (Å²) in [6.07, 6.45) is 1.98. The Labute approximate surface area is 120 Å². The van der Waals surface area contributed by atoms with E-state index in [4.69, 9.17) is 5.11 Å². The standard InChI is InChI=1S/C14H15F2NO4/c15-14(16)21-11-5-3-10(4-6-11)13(20)17(8-12(18)19)7-9-1-2-9/h3-6,9,14H,1-2,7-8H2,(H,18,19). The van der Waals surface area contributed by atoms with Crippen LogP contribution < -0.4 is 4.74 Å². The Morgan fingerprint density at radius 3 is 2.38 bits per heavy atom. The van der Waals surface area contributed by atoms with Gasteiger partial charge >= 0.3 is 12.6 Å². The van der Waals surface area contributed by atoms with Crippen LogP contribution in [0.1, 0.15) is 23.2 Å². The van der Waals surface area contributed by atoms with E-state index >= 15 is 0 Å². The third-order valence-corrected chi connectivity index (χ3v) is 3.12. The van der Waals surface area contributed by atoms with E-state index in [1.165, 1.54) is 29.2 Å². The highest BCUT2D eigenvalue weighted by molar-refractivity contribution is 5.96. The fourth-order valence-corrected chi connectivity index (χ4v) is 1.96. The van der Waals surface area contributed by atoms with Gasteiger partial charge in [0.15, 0.2) is 0 Å². The van der Waals surface area contributed by atoms with Gasteiger partial charge in [0.05, 0.1) is 0 Å². The zero-order chi connectivity index (χ0) is 15.4. The summed E-state index contributed by atoms with van der Waals surface area (Å²) in [5.74, 6) is -1.20.